The zero-order chi connectivity index (χ0) is 36.1. The van der Waals surface area contributed by atoms with Gasteiger partial charge >= 0.3 is 0 Å². The molecule has 266 valence electrons. The highest BCUT2D eigenvalue weighted by Gasteiger charge is 2.48. The van der Waals surface area contributed by atoms with Crippen LogP contribution in [0.5, 0.6) is 0 Å². The van der Waals surface area contributed by atoms with E-state index in [4.69, 9.17) is 14.4 Å². The highest BCUT2D eigenvalue weighted by molar-refractivity contribution is 6.10. The van der Waals surface area contributed by atoms with Gasteiger partial charge in [-0.25, -0.2) is 4.98 Å². The van der Waals surface area contributed by atoms with Crippen molar-refractivity contribution in [2.24, 2.45) is 0 Å². The first-order valence-electron chi connectivity index (χ1n) is 20.5. The van der Waals surface area contributed by atoms with Crippen LogP contribution in [0.1, 0.15) is 86.5 Å². The average Bonchev–Trinajstić information content (AvgIpc) is 3.85. The number of hydrogen-bond acceptors (Lipinski definition) is 3. The summed E-state index contributed by atoms with van der Waals surface area (Å²) in [5.74, 6) is 0.674. The number of para-hydroxylation sites is 1. The van der Waals surface area contributed by atoms with Gasteiger partial charge in [0.05, 0.1) is 11.1 Å². The van der Waals surface area contributed by atoms with Crippen LogP contribution in [0.25, 0.3) is 78.1 Å². The summed E-state index contributed by atoms with van der Waals surface area (Å²) in [4.78, 5) is 10.3. The molecular weight excluding hydrogens is 669 g/mol. The minimum atomic E-state index is 0.0965. The van der Waals surface area contributed by atoms with Crippen molar-refractivity contribution in [1.29, 1.82) is 0 Å². The van der Waals surface area contributed by atoms with Crippen molar-refractivity contribution < 1.29 is 4.42 Å². The van der Waals surface area contributed by atoms with Crippen molar-refractivity contribution in [2.45, 2.75) is 75.0 Å². The highest BCUT2D eigenvalue weighted by Crippen LogP contribution is 2.62. The Balaban J connectivity index is 1.01. The molecule has 0 radical (unpaired) electrons. The average molecular weight is 711 g/mol. The second kappa shape index (κ2) is 11.8. The molecule has 0 amide bonds. The molecule has 6 aromatic carbocycles. The van der Waals surface area contributed by atoms with Gasteiger partial charge in [-0.3, -0.25) is 0 Å². The summed E-state index contributed by atoms with van der Waals surface area (Å²) in [6.45, 7) is 0. The summed E-state index contributed by atoms with van der Waals surface area (Å²) in [6.07, 6.45) is 12.9. The van der Waals surface area contributed by atoms with Gasteiger partial charge < -0.3 is 4.42 Å². The zero-order valence-corrected chi connectivity index (χ0v) is 31.1. The molecule has 4 aliphatic carbocycles. The molecule has 0 atom stereocenters. The van der Waals surface area contributed by atoms with E-state index >= 15 is 0 Å². The number of benzene rings is 6. The van der Waals surface area contributed by atoms with E-state index in [0.717, 1.165) is 33.2 Å². The van der Waals surface area contributed by atoms with Crippen LogP contribution < -0.4 is 0 Å². The van der Waals surface area contributed by atoms with Crippen molar-refractivity contribution in [1.82, 2.24) is 9.97 Å². The molecule has 2 saturated carbocycles. The topological polar surface area (TPSA) is 38.9 Å². The number of aromatic nitrogens is 2. The summed E-state index contributed by atoms with van der Waals surface area (Å²) in [6, 6.07) is 49.5. The number of furan rings is 1. The molecule has 3 nitrogen and oxygen atoms in total. The van der Waals surface area contributed by atoms with Gasteiger partial charge in [-0.15, -0.1) is 0 Å². The van der Waals surface area contributed by atoms with E-state index in [9.17, 15) is 0 Å². The Bertz CT molecular complexity index is 2830. The first-order chi connectivity index (χ1) is 27.2. The molecule has 0 bridgehead atoms. The first kappa shape index (κ1) is 31.5. The molecule has 2 heterocycles. The van der Waals surface area contributed by atoms with E-state index in [1.165, 1.54) is 97.6 Å². The molecule has 0 saturated heterocycles. The molecule has 55 heavy (non-hydrogen) atoms. The minimum absolute atomic E-state index is 0.0965. The second-order valence-electron chi connectivity index (χ2n) is 16.7. The molecule has 12 rings (SSSR count). The van der Waals surface area contributed by atoms with Crippen molar-refractivity contribution in [3.05, 3.63) is 156 Å². The molecular formula is C52H42N2O. The molecule has 2 fully saturated rings. The van der Waals surface area contributed by atoms with Gasteiger partial charge in [0.15, 0.2) is 5.82 Å². The van der Waals surface area contributed by atoms with Crippen molar-refractivity contribution in [2.75, 3.05) is 0 Å². The van der Waals surface area contributed by atoms with Gasteiger partial charge in [-0.2, -0.15) is 4.98 Å². The quantitative estimate of drug-likeness (QED) is 0.183. The van der Waals surface area contributed by atoms with Crippen LogP contribution in [0, 0.1) is 0 Å². The molecule has 0 aliphatic heterocycles. The summed E-state index contributed by atoms with van der Waals surface area (Å²) >= 11 is 0. The van der Waals surface area contributed by atoms with Crippen LogP contribution in [0.4, 0.5) is 0 Å². The monoisotopic (exact) mass is 710 g/mol. The zero-order valence-electron chi connectivity index (χ0n) is 31.1. The molecule has 8 aromatic rings. The van der Waals surface area contributed by atoms with Crippen LogP contribution in [0.15, 0.2) is 138 Å². The van der Waals surface area contributed by atoms with Crippen LogP contribution in [0.2, 0.25) is 0 Å². The fraction of sp³-hybridized carbons (Fsp3) is 0.231. The van der Waals surface area contributed by atoms with Crippen LogP contribution >= 0.6 is 0 Å². The SMILES string of the molecule is c1ccc(-c2nc(-c3cccc(-c4ccc5c(c4)-c4cc6c(cc4C54CCCCC4)-c4ccccc4C64CCCCC4)c3)nc3oc4ccccc4c23)cc1. The van der Waals surface area contributed by atoms with Gasteiger partial charge in [0.2, 0.25) is 5.71 Å². The number of nitrogens with zero attached hydrogens (tertiary/aromatic N) is 2. The van der Waals surface area contributed by atoms with Crippen molar-refractivity contribution >= 4 is 22.1 Å². The standard InChI is InChI=1S/C52H42N2O/c1-4-15-33(16-5-1)48-47-38-20-7-9-22-46(38)55-50(47)54-49(53-48)36-18-14-17-34(29-36)35-23-24-43-39(30-35)41-32-44-40(31-45(41)52(43)27-12-3-13-28-52)37-19-6-8-21-42(37)51(44)25-10-2-11-26-51/h1,4-9,14-24,29-32H,2-3,10-13,25-28H2. The second-order valence-corrected chi connectivity index (χ2v) is 16.7. The lowest BCUT2D eigenvalue weighted by molar-refractivity contribution is 0.350. The van der Waals surface area contributed by atoms with E-state index < -0.39 is 0 Å². The molecule has 4 aliphatic rings. The molecule has 2 spiro atoms. The van der Waals surface area contributed by atoms with Crippen LogP contribution in [-0.4, -0.2) is 9.97 Å². The Labute approximate surface area is 322 Å². The fourth-order valence-corrected chi connectivity index (χ4v) is 11.4. The van der Waals surface area contributed by atoms with E-state index in [2.05, 4.69) is 115 Å². The Morgan fingerprint density at radius 1 is 0.418 bits per heavy atom. The number of fused-ring (bicyclic) bond motifs is 13. The fourth-order valence-electron chi connectivity index (χ4n) is 11.4. The Morgan fingerprint density at radius 2 is 1.02 bits per heavy atom. The normalized spacial score (nSPS) is 17.4. The molecule has 0 N–H and O–H groups in total. The third-order valence-corrected chi connectivity index (χ3v) is 13.9. The summed E-state index contributed by atoms with van der Waals surface area (Å²) in [5, 5.41) is 2.00. The van der Waals surface area contributed by atoms with E-state index in [-0.39, 0.29) is 10.8 Å². The summed E-state index contributed by atoms with van der Waals surface area (Å²) in [7, 11) is 0. The maximum atomic E-state index is 6.37. The van der Waals surface area contributed by atoms with Crippen LogP contribution in [0.3, 0.4) is 0 Å². The van der Waals surface area contributed by atoms with Gasteiger partial charge in [0.25, 0.3) is 0 Å². The predicted molar refractivity (Wildman–Crippen MR) is 224 cm³/mol. The Kier molecular flexibility index (Phi) is 6.79. The molecule has 2 aromatic heterocycles. The van der Waals surface area contributed by atoms with E-state index in [1.807, 2.05) is 18.2 Å². The summed E-state index contributed by atoms with van der Waals surface area (Å²) < 4.78 is 6.37. The maximum Gasteiger partial charge on any atom is 0.231 e. The smallest absolute Gasteiger partial charge is 0.231 e. The lowest BCUT2D eigenvalue weighted by atomic mass is 9.66. The highest BCUT2D eigenvalue weighted by atomic mass is 16.3. The number of rotatable bonds is 3. The third kappa shape index (κ3) is 4.50. The molecule has 0 unspecified atom stereocenters. The number of hydrogen-bond donors (Lipinski definition) is 0. The lowest BCUT2D eigenvalue weighted by Gasteiger charge is -2.37. The van der Waals surface area contributed by atoms with Gasteiger partial charge in [0, 0.05) is 27.3 Å². The lowest BCUT2D eigenvalue weighted by Crippen LogP contribution is -2.29. The molecule has 3 heteroatoms. The first-order valence-corrected chi connectivity index (χ1v) is 20.5. The Hall–Kier alpha value is -5.80. The van der Waals surface area contributed by atoms with Gasteiger partial charge in [-0.1, -0.05) is 142 Å². The largest absolute Gasteiger partial charge is 0.438 e. The van der Waals surface area contributed by atoms with Crippen molar-refractivity contribution in [3.63, 3.8) is 0 Å². The minimum Gasteiger partial charge on any atom is -0.438 e. The Morgan fingerprint density at radius 3 is 1.80 bits per heavy atom. The van der Waals surface area contributed by atoms with Gasteiger partial charge in [0.1, 0.15) is 5.58 Å². The third-order valence-electron chi connectivity index (χ3n) is 13.9. The summed E-state index contributed by atoms with van der Waals surface area (Å²) in [5.41, 5.74) is 19.3. The van der Waals surface area contributed by atoms with Crippen LogP contribution in [-0.2, 0) is 10.8 Å². The van der Waals surface area contributed by atoms with E-state index in [1.54, 1.807) is 22.3 Å². The maximum absolute atomic E-state index is 6.37. The van der Waals surface area contributed by atoms with Gasteiger partial charge in [-0.05, 0) is 112 Å². The van der Waals surface area contributed by atoms with E-state index in [0.29, 0.717) is 11.5 Å². The van der Waals surface area contributed by atoms with Crippen molar-refractivity contribution in [3.8, 4) is 56.0 Å². The predicted octanol–water partition coefficient (Wildman–Crippen LogP) is 13.8.